The van der Waals surface area contributed by atoms with E-state index in [0.29, 0.717) is 44.4 Å². The average Bonchev–Trinajstić information content (AvgIpc) is 3.56. The molecule has 1 aliphatic heterocycles. The normalized spacial score (nSPS) is 15.7. The van der Waals surface area contributed by atoms with Gasteiger partial charge in [-0.2, -0.15) is 19.6 Å². The van der Waals surface area contributed by atoms with Crippen LogP contribution < -0.4 is 16.0 Å². The van der Waals surface area contributed by atoms with Crippen LogP contribution in [0, 0.1) is 5.92 Å². The molecule has 2 aliphatic rings. The number of carbonyl (C=O) groups excluding carboxylic acids is 1. The number of piperidine rings is 1. The lowest BCUT2D eigenvalue weighted by molar-refractivity contribution is -0.122. The molecule has 1 saturated heterocycles. The van der Waals surface area contributed by atoms with Crippen molar-refractivity contribution in [3.05, 3.63) is 82.5 Å². The fourth-order valence-corrected chi connectivity index (χ4v) is 5.53. The molecule has 8 nitrogen and oxygen atoms in total. The number of allylic oxidation sites excluding steroid dienone is 1. The van der Waals surface area contributed by atoms with Crippen LogP contribution in [0.15, 0.2) is 54.7 Å². The highest BCUT2D eigenvalue weighted by Crippen LogP contribution is 2.33. The Morgan fingerprint density at radius 1 is 1.08 bits per heavy atom. The Kier molecular flexibility index (Phi) is 6.31. The van der Waals surface area contributed by atoms with Crippen LogP contribution in [0.4, 0.5) is 11.9 Å². The molecule has 0 saturated carbocycles. The van der Waals surface area contributed by atoms with Crippen molar-refractivity contribution < 1.29 is 4.79 Å². The molecular formula is C30H33N7O. The van der Waals surface area contributed by atoms with Gasteiger partial charge in [-0.05, 0) is 53.0 Å². The van der Waals surface area contributed by atoms with Gasteiger partial charge in [0.1, 0.15) is 0 Å². The van der Waals surface area contributed by atoms with Crippen LogP contribution in [0.5, 0.6) is 0 Å². The molecule has 194 valence electrons. The van der Waals surface area contributed by atoms with E-state index in [-0.39, 0.29) is 17.7 Å². The highest BCUT2D eigenvalue weighted by molar-refractivity contribution is 5.89. The number of benzene rings is 2. The van der Waals surface area contributed by atoms with E-state index >= 15 is 0 Å². The molecule has 3 N–H and O–H groups in total. The van der Waals surface area contributed by atoms with Crippen molar-refractivity contribution in [3.63, 3.8) is 0 Å². The maximum Gasteiger partial charge on any atom is 0.230 e. The van der Waals surface area contributed by atoms with E-state index in [1.54, 1.807) is 0 Å². The topological polar surface area (TPSA) is 101 Å². The zero-order valence-electron chi connectivity index (χ0n) is 21.9. The van der Waals surface area contributed by atoms with Crippen molar-refractivity contribution in [1.82, 2.24) is 19.6 Å². The second-order valence-corrected chi connectivity index (χ2v) is 10.6. The van der Waals surface area contributed by atoms with Crippen molar-refractivity contribution in [2.75, 3.05) is 23.3 Å². The number of rotatable bonds is 7. The summed E-state index contributed by atoms with van der Waals surface area (Å²) in [7, 11) is 0. The molecule has 2 aromatic carbocycles. The summed E-state index contributed by atoms with van der Waals surface area (Å²) < 4.78 is 1.81. The van der Waals surface area contributed by atoms with Crippen LogP contribution in [0.3, 0.4) is 0 Å². The van der Waals surface area contributed by atoms with Crippen LogP contribution in [0.2, 0.25) is 0 Å². The smallest absolute Gasteiger partial charge is 0.230 e. The number of amides is 1. The third kappa shape index (κ3) is 4.51. The molecule has 6 rings (SSSR count). The highest BCUT2D eigenvalue weighted by atomic mass is 16.1. The van der Waals surface area contributed by atoms with Crippen molar-refractivity contribution in [3.8, 4) is 0 Å². The molecule has 38 heavy (non-hydrogen) atoms. The molecule has 1 fully saturated rings. The first-order valence-electron chi connectivity index (χ1n) is 13.4. The number of hydrogen-bond acceptors (Lipinski definition) is 6. The predicted molar refractivity (Wildman–Crippen MR) is 151 cm³/mol. The van der Waals surface area contributed by atoms with Crippen molar-refractivity contribution >= 4 is 35.1 Å². The summed E-state index contributed by atoms with van der Waals surface area (Å²) in [6.07, 6.45) is 6.56. The van der Waals surface area contributed by atoms with Crippen LogP contribution in [-0.2, 0) is 17.8 Å². The van der Waals surface area contributed by atoms with Crippen LogP contribution in [0.25, 0.3) is 17.3 Å². The van der Waals surface area contributed by atoms with Crippen LogP contribution in [0.1, 0.15) is 60.4 Å². The molecule has 0 unspecified atom stereocenters. The minimum Gasteiger partial charge on any atom is -0.369 e. The maximum absolute atomic E-state index is 11.7. The van der Waals surface area contributed by atoms with E-state index in [1.165, 1.54) is 27.8 Å². The van der Waals surface area contributed by atoms with Gasteiger partial charge >= 0.3 is 0 Å². The summed E-state index contributed by atoms with van der Waals surface area (Å²) in [6, 6.07) is 17.1. The van der Waals surface area contributed by atoms with E-state index in [1.807, 2.05) is 10.7 Å². The molecule has 1 amide bonds. The number of aromatic nitrogens is 4. The number of nitrogens with one attached hydrogen (secondary N) is 1. The second-order valence-electron chi connectivity index (χ2n) is 10.6. The summed E-state index contributed by atoms with van der Waals surface area (Å²) in [5.41, 5.74) is 13.9. The summed E-state index contributed by atoms with van der Waals surface area (Å²) in [6.45, 7) is 6.30. The maximum atomic E-state index is 11.7. The molecule has 2 aromatic heterocycles. The van der Waals surface area contributed by atoms with Gasteiger partial charge < -0.3 is 16.0 Å². The van der Waals surface area contributed by atoms with E-state index in [0.717, 1.165) is 17.6 Å². The number of hydrogen-bond donors (Lipinski definition) is 2. The van der Waals surface area contributed by atoms with Crippen molar-refractivity contribution in [2.45, 2.75) is 45.6 Å². The quantitative estimate of drug-likeness (QED) is 0.377. The van der Waals surface area contributed by atoms with Gasteiger partial charge in [0, 0.05) is 31.1 Å². The Morgan fingerprint density at radius 2 is 1.84 bits per heavy atom. The largest absolute Gasteiger partial charge is 0.369 e. The number of anilines is 2. The SMILES string of the molecule is CC(C)c1cnn2c(NCc3ccccc3C3=Cc4ccccc4C3)nc(N3CCC(C(N)=O)CC3)nc12. The number of primary amides is 1. The van der Waals surface area contributed by atoms with Gasteiger partial charge in [0.2, 0.25) is 17.8 Å². The Morgan fingerprint density at radius 3 is 2.61 bits per heavy atom. The lowest BCUT2D eigenvalue weighted by atomic mass is 9.96. The Hall–Kier alpha value is -4.20. The molecule has 3 heterocycles. The number of carbonyl (C=O) groups is 1. The van der Waals surface area contributed by atoms with E-state index < -0.39 is 0 Å². The fourth-order valence-electron chi connectivity index (χ4n) is 5.53. The van der Waals surface area contributed by atoms with Crippen LogP contribution >= 0.6 is 0 Å². The lowest BCUT2D eigenvalue weighted by Crippen LogP contribution is -2.39. The van der Waals surface area contributed by atoms with Crippen LogP contribution in [-0.4, -0.2) is 38.6 Å². The third-order valence-electron chi connectivity index (χ3n) is 7.75. The van der Waals surface area contributed by atoms with Gasteiger partial charge in [-0.25, -0.2) is 0 Å². The molecule has 8 heteroatoms. The fraction of sp³-hybridized carbons (Fsp3) is 0.333. The summed E-state index contributed by atoms with van der Waals surface area (Å²) in [4.78, 5) is 23.6. The summed E-state index contributed by atoms with van der Waals surface area (Å²) in [5, 5.41) is 8.21. The van der Waals surface area contributed by atoms with Crippen molar-refractivity contribution in [2.24, 2.45) is 11.7 Å². The van der Waals surface area contributed by atoms with Gasteiger partial charge in [0.25, 0.3) is 0 Å². The van der Waals surface area contributed by atoms with E-state index in [2.05, 4.69) is 83.8 Å². The standard InChI is InChI=1S/C30H33N7O/c1-19(2)26-18-33-37-28(26)34-30(36-13-11-20(12-14-36)27(31)38)35-29(37)32-17-23-9-5-6-10-25(23)24-15-21-7-3-4-8-22(21)16-24/h3-10,15,18-20H,11-14,16-17H2,1-2H3,(H2,31,38)(H,32,34,35). The molecular weight excluding hydrogens is 474 g/mol. The van der Waals surface area contributed by atoms with Crippen molar-refractivity contribution in [1.29, 1.82) is 0 Å². The minimum atomic E-state index is -0.222. The predicted octanol–water partition coefficient (Wildman–Crippen LogP) is 4.66. The Bertz CT molecular complexity index is 1530. The third-order valence-corrected chi connectivity index (χ3v) is 7.75. The lowest BCUT2D eigenvalue weighted by Gasteiger charge is -2.30. The molecule has 0 spiro atoms. The number of nitrogens with two attached hydrogens (primary N) is 1. The number of fused-ring (bicyclic) bond motifs is 2. The first kappa shape index (κ1) is 24.2. The first-order valence-corrected chi connectivity index (χ1v) is 13.4. The first-order chi connectivity index (χ1) is 18.5. The van der Waals surface area contributed by atoms with Gasteiger partial charge in [-0.1, -0.05) is 68.5 Å². The molecule has 0 atom stereocenters. The zero-order valence-corrected chi connectivity index (χ0v) is 21.9. The monoisotopic (exact) mass is 507 g/mol. The van der Waals surface area contributed by atoms with E-state index in [4.69, 9.17) is 15.7 Å². The summed E-state index contributed by atoms with van der Waals surface area (Å²) in [5.74, 6) is 1.29. The Labute approximate surface area is 222 Å². The number of nitrogens with zero attached hydrogens (tertiary/aromatic N) is 5. The van der Waals surface area contributed by atoms with Gasteiger partial charge in [0.05, 0.1) is 6.20 Å². The van der Waals surface area contributed by atoms with E-state index in [9.17, 15) is 4.79 Å². The molecule has 4 aromatic rings. The Balaban J connectivity index is 1.30. The minimum absolute atomic E-state index is 0.0821. The highest BCUT2D eigenvalue weighted by Gasteiger charge is 2.26. The molecule has 0 radical (unpaired) electrons. The molecule has 0 bridgehead atoms. The second kappa shape index (κ2) is 9.93. The molecule has 1 aliphatic carbocycles. The average molecular weight is 508 g/mol. The van der Waals surface area contributed by atoms with Gasteiger partial charge in [-0.15, -0.1) is 0 Å². The van der Waals surface area contributed by atoms with Gasteiger partial charge in [0.15, 0.2) is 5.65 Å². The summed E-state index contributed by atoms with van der Waals surface area (Å²) >= 11 is 0. The zero-order chi connectivity index (χ0) is 26.2. The van der Waals surface area contributed by atoms with Gasteiger partial charge in [-0.3, -0.25) is 4.79 Å².